The summed E-state index contributed by atoms with van der Waals surface area (Å²) >= 11 is 0. The number of nitrogen functional groups attached to an aromatic ring is 1. The van der Waals surface area contributed by atoms with Gasteiger partial charge in [0.1, 0.15) is 5.67 Å². The van der Waals surface area contributed by atoms with Gasteiger partial charge in [0.2, 0.25) is 11.9 Å². The molecule has 30 heavy (non-hydrogen) atoms. The maximum Gasteiger partial charge on any atom is 0.227 e. The number of fused-ring (bicyclic) bond motifs is 1. The second kappa shape index (κ2) is 8.44. The number of rotatable bonds is 7. The fourth-order valence-corrected chi connectivity index (χ4v) is 3.97. The number of carbonyl (C=O) groups excluding carboxylic acids is 1. The van der Waals surface area contributed by atoms with Gasteiger partial charge in [-0.25, -0.2) is 9.37 Å². The van der Waals surface area contributed by atoms with E-state index in [-0.39, 0.29) is 30.9 Å². The summed E-state index contributed by atoms with van der Waals surface area (Å²) in [6.07, 6.45) is 1.77. The molecule has 1 aliphatic heterocycles. The number of anilines is 1. The summed E-state index contributed by atoms with van der Waals surface area (Å²) in [6, 6.07) is 15.4. The third-order valence-corrected chi connectivity index (χ3v) is 5.49. The van der Waals surface area contributed by atoms with E-state index in [9.17, 15) is 4.79 Å². The number of hydrogen-bond acceptors (Lipinski definition) is 4. The number of ether oxygens (including phenoxy) is 1. The molecule has 3 N–H and O–H groups in total. The number of hydrogen-bond donors (Lipinski definition) is 2. The molecule has 1 saturated heterocycles. The van der Waals surface area contributed by atoms with Crippen molar-refractivity contribution in [3.05, 3.63) is 59.7 Å². The Morgan fingerprint density at radius 3 is 2.87 bits per heavy atom. The van der Waals surface area contributed by atoms with Crippen LogP contribution in [0.25, 0.3) is 11.0 Å². The molecule has 6 nitrogen and oxygen atoms in total. The molecule has 0 saturated carbocycles. The highest BCUT2D eigenvalue weighted by molar-refractivity contribution is 5.86. The van der Waals surface area contributed by atoms with E-state index in [1.54, 1.807) is 4.57 Å². The molecule has 2 unspecified atom stereocenters. The van der Waals surface area contributed by atoms with E-state index in [4.69, 9.17) is 10.5 Å². The summed E-state index contributed by atoms with van der Waals surface area (Å²) in [5.74, 6) is 0.120. The molecule has 2 atom stereocenters. The first-order valence-corrected chi connectivity index (χ1v) is 10.3. The van der Waals surface area contributed by atoms with Gasteiger partial charge in [-0.1, -0.05) is 36.4 Å². The molecule has 1 aliphatic rings. The highest BCUT2D eigenvalue weighted by Gasteiger charge is 2.28. The average Bonchev–Trinajstić information content (AvgIpc) is 3.03. The van der Waals surface area contributed by atoms with Gasteiger partial charge in [0, 0.05) is 6.54 Å². The normalized spacial score (nSPS) is 18.9. The van der Waals surface area contributed by atoms with Crippen LogP contribution < -0.4 is 11.1 Å². The summed E-state index contributed by atoms with van der Waals surface area (Å²) in [4.78, 5) is 16.6. The Hall–Kier alpha value is -2.93. The molecule has 0 radical (unpaired) electrons. The molecule has 3 aromatic rings. The molecular weight excluding hydrogens is 383 g/mol. The van der Waals surface area contributed by atoms with Crippen LogP contribution in [0.3, 0.4) is 0 Å². The van der Waals surface area contributed by atoms with Gasteiger partial charge in [0.05, 0.1) is 36.7 Å². The fourth-order valence-electron chi connectivity index (χ4n) is 3.97. The lowest BCUT2D eigenvalue weighted by Gasteiger charge is -2.23. The van der Waals surface area contributed by atoms with Crippen molar-refractivity contribution in [3.63, 3.8) is 0 Å². The summed E-state index contributed by atoms with van der Waals surface area (Å²) in [7, 11) is 0. The number of piperidine rings is 1. The second-order valence-electron chi connectivity index (χ2n) is 8.18. The Balaban J connectivity index is 1.48. The predicted octanol–water partition coefficient (Wildman–Crippen LogP) is 3.56. The van der Waals surface area contributed by atoms with Crippen molar-refractivity contribution in [1.82, 2.24) is 14.9 Å². The summed E-state index contributed by atoms with van der Waals surface area (Å²) in [5, 5.41) is 2.90. The van der Waals surface area contributed by atoms with E-state index >= 15 is 4.39 Å². The van der Waals surface area contributed by atoms with Crippen molar-refractivity contribution in [1.29, 1.82) is 0 Å². The molecule has 1 aromatic heterocycles. The van der Waals surface area contributed by atoms with Gasteiger partial charge in [0.25, 0.3) is 0 Å². The monoisotopic (exact) mass is 410 g/mol. The number of alkyl halides is 1. The van der Waals surface area contributed by atoms with Gasteiger partial charge in [-0.3, -0.25) is 4.79 Å². The summed E-state index contributed by atoms with van der Waals surface area (Å²) in [6.45, 7) is 2.56. The maximum absolute atomic E-state index is 15.2. The SMILES string of the molecule is CC(F)(COCc1ccccc1)Cn1c(N)nc2cc(C3CCCNC3=O)ccc21. The van der Waals surface area contributed by atoms with Gasteiger partial charge in [0.15, 0.2) is 0 Å². The number of imidazole rings is 1. The van der Waals surface area contributed by atoms with Crippen molar-refractivity contribution in [2.45, 2.75) is 44.5 Å². The van der Waals surface area contributed by atoms with Crippen molar-refractivity contribution in [2.24, 2.45) is 0 Å². The molecule has 4 rings (SSSR count). The molecule has 1 amide bonds. The van der Waals surface area contributed by atoms with Gasteiger partial charge in [-0.2, -0.15) is 0 Å². The zero-order valence-electron chi connectivity index (χ0n) is 17.1. The number of benzene rings is 2. The third kappa shape index (κ3) is 4.46. The van der Waals surface area contributed by atoms with Crippen molar-refractivity contribution in [2.75, 3.05) is 18.9 Å². The number of halogens is 1. The highest BCUT2D eigenvalue weighted by Crippen LogP contribution is 2.29. The quantitative estimate of drug-likeness (QED) is 0.624. The van der Waals surface area contributed by atoms with Gasteiger partial charge >= 0.3 is 0 Å². The molecule has 0 aliphatic carbocycles. The minimum Gasteiger partial charge on any atom is -0.373 e. The van der Waals surface area contributed by atoms with Gasteiger partial charge < -0.3 is 20.4 Å². The third-order valence-electron chi connectivity index (χ3n) is 5.49. The van der Waals surface area contributed by atoms with Crippen LogP contribution in [0.15, 0.2) is 48.5 Å². The molecule has 0 spiro atoms. The lowest BCUT2D eigenvalue weighted by atomic mass is 9.90. The van der Waals surface area contributed by atoms with Crippen LogP contribution in [-0.4, -0.2) is 34.3 Å². The first kappa shape index (κ1) is 20.3. The van der Waals surface area contributed by atoms with Crippen LogP contribution in [-0.2, 0) is 22.7 Å². The number of carbonyl (C=O) groups is 1. The number of nitrogens with two attached hydrogens (primary N) is 1. The number of aromatic nitrogens is 2. The average molecular weight is 410 g/mol. The lowest BCUT2D eigenvalue weighted by Crippen LogP contribution is -2.35. The standard InChI is InChI=1S/C23H27FN4O2/c1-23(24,15-30-13-16-6-3-2-4-7-16)14-28-20-10-9-17(12-19(20)27-22(28)25)18-8-5-11-26-21(18)29/h2-4,6-7,9-10,12,18H,5,8,11,13-15H2,1H3,(H2,25,27)(H,26,29). The molecule has 158 valence electrons. The van der Waals surface area contributed by atoms with Gasteiger partial charge in [-0.05, 0) is 43.0 Å². The molecule has 2 heterocycles. The van der Waals surface area contributed by atoms with E-state index in [0.717, 1.165) is 36.0 Å². The Morgan fingerprint density at radius 2 is 2.10 bits per heavy atom. The van der Waals surface area contributed by atoms with Crippen molar-refractivity contribution >= 4 is 22.9 Å². The Labute approximate surface area is 175 Å². The molecule has 0 bridgehead atoms. The van der Waals surface area contributed by atoms with Crippen LogP contribution in [0.2, 0.25) is 0 Å². The van der Waals surface area contributed by atoms with Crippen LogP contribution in [0.4, 0.5) is 10.3 Å². The molecule has 1 fully saturated rings. The van der Waals surface area contributed by atoms with E-state index in [2.05, 4.69) is 10.3 Å². The lowest BCUT2D eigenvalue weighted by molar-refractivity contribution is -0.123. The van der Waals surface area contributed by atoms with Crippen LogP contribution in [0.5, 0.6) is 0 Å². The Kier molecular flexibility index (Phi) is 5.72. The highest BCUT2D eigenvalue weighted by atomic mass is 19.1. The number of amides is 1. The van der Waals surface area contributed by atoms with Crippen LogP contribution in [0, 0.1) is 0 Å². The van der Waals surface area contributed by atoms with E-state index in [1.165, 1.54) is 6.92 Å². The minimum absolute atomic E-state index is 0.0351. The molecular formula is C23H27FN4O2. The predicted molar refractivity (Wildman–Crippen MR) is 115 cm³/mol. The van der Waals surface area contributed by atoms with Crippen LogP contribution in [0.1, 0.15) is 36.8 Å². The van der Waals surface area contributed by atoms with Gasteiger partial charge in [-0.15, -0.1) is 0 Å². The largest absolute Gasteiger partial charge is 0.373 e. The van der Waals surface area contributed by atoms with Crippen molar-refractivity contribution in [3.8, 4) is 0 Å². The topological polar surface area (TPSA) is 82.2 Å². The fraction of sp³-hybridized carbons (Fsp3) is 0.391. The summed E-state index contributed by atoms with van der Waals surface area (Å²) < 4.78 is 22.5. The minimum atomic E-state index is -1.61. The first-order chi connectivity index (χ1) is 14.4. The smallest absolute Gasteiger partial charge is 0.227 e. The number of nitrogens with zero attached hydrogens (tertiary/aromatic N) is 2. The number of nitrogens with one attached hydrogen (secondary N) is 1. The Morgan fingerprint density at radius 1 is 1.30 bits per heavy atom. The van der Waals surface area contributed by atoms with Crippen molar-refractivity contribution < 1.29 is 13.9 Å². The first-order valence-electron chi connectivity index (χ1n) is 10.3. The maximum atomic E-state index is 15.2. The van der Waals surface area contributed by atoms with Crippen LogP contribution >= 0.6 is 0 Å². The van der Waals surface area contributed by atoms with E-state index in [0.29, 0.717) is 12.1 Å². The Bertz CT molecular complexity index is 1030. The second-order valence-corrected chi connectivity index (χ2v) is 8.18. The summed E-state index contributed by atoms with van der Waals surface area (Å²) in [5.41, 5.74) is 7.82. The van der Waals surface area contributed by atoms with E-state index in [1.807, 2.05) is 48.5 Å². The zero-order valence-corrected chi connectivity index (χ0v) is 17.1. The molecule has 7 heteroatoms. The van der Waals surface area contributed by atoms with E-state index < -0.39 is 5.67 Å². The molecule has 2 aromatic carbocycles. The zero-order chi connectivity index (χ0) is 21.1.